The first-order chi connectivity index (χ1) is 6.96. The highest BCUT2D eigenvalue weighted by Gasteiger charge is 2.27. The van der Waals surface area contributed by atoms with Gasteiger partial charge in [-0.2, -0.15) is 0 Å². The maximum atomic E-state index is 13.0. The van der Waals surface area contributed by atoms with Crippen LogP contribution in [-0.2, 0) is 6.42 Å². The van der Waals surface area contributed by atoms with Gasteiger partial charge in [-0.1, -0.05) is 6.07 Å². The van der Waals surface area contributed by atoms with Crippen LogP contribution in [0, 0.1) is 5.82 Å². The third-order valence-corrected chi connectivity index (χ3v) is 3.08. The Morgan fingerprint density at radius 2 is 2.20 bits per heavy atom. The fourth-order valence-electron chi connectivity index (χ4n) is 2.52. The van der Waals surface area contributed by atoms with Crippen LogP contribution in [0.4, 0.5) is 4.39 Å². The Morgan fingerprint density at radius 1 is 1.47 bits per heavy atom. The van der Waals surface area contributed by atoms with Gasteiger partial charge in [0, 0.05) is 5.54 Å². The van der Waals surface area contributed by atoms with Gasteiger partial charge in [0.15, 0.2) is 0 Å². The molecular weight excluding hydrogens is 189 g/mol. The normalized spacial score (nSPS) is 20.4. The molecule has 0 aliphatic heterocycles. The van der Waals surface area contributed by atoms with Crippen molar-refractivity contribution in [1.29, 1.82) is 0 Å². The number of nitrogens with two attached hydrogens (primary N) is 1. The lowest BCUT2D eigenvalue weighted by molar-refractivity contribution is 0.422. The Kier molecular flexibility index (Phi) is 2.55. The highest BCUT2D eigenvalue weighted by molar-refractivity contribution is 5.35. The van der Waals surface area contributed by atoms with E-state index >= 15 is 0 Å². The Morgan fingerprint density at radius 3 is 2.87 bits per heavy atom. The zero-order valence-corrected chi connectivity index (χ0v) is 9.39. The fourth-order valence-corrected chi connectivity index (χ4v) is 2.52. The van der Waals surface area contributed by atoms with Crippen molar-refractivity contribution >= 4 is 0 Å². The molecule has 1 aromatic rings. The van der Waals surface area contributed by atoms with E-state index in [1.165, 1.54) is 11.1 Å². The molecular formula is C13H18FN. The summed E-state index contributed by atoms with van der Waals surface area (Å²) < 4.78 is 13.0. The van der Waals surface area contributed by atoms with Gasteiger partial charge in [-0.3, -0.25) is 0 Å². The summed E-state index contributed by atoms with van der Waals surface area (Å²) in [6.45, 7) is 4.10. The summed E-state index contributed by atoms with van der Waals surface area (Å²) in [4.78, 5) is 0. The van der Waals surface area contributed by atoms with E-state index < -0.39 is 0 Å². The lowest BCUT2D eigenvalue weighted by Gasteiger charge is -2.23. The van der Waals surface area contributed by atoms with Crippen LogP contribution in [0.5, 0.6) is 0 Å². The first-order valence-corrected chi connectivity index (χ1v) is 5.53. The van der Waals surface area contributed by atoms with Gasteiger partial charge in [0.25, 0.3) is 0 Å². The Balaban J connectivity index is 2.22. The first kappa shape index (κ1) is 10.6. The molecule has 0 saturated heterocycles. The molecule has 1 aliphatic rings. The lowest BCUT2D eigenvalue weighted by atomic mass is 9.88. The van der Waals surface area contributed by atoms with Crippen molar-refractivity contribution in [3.05, 3.63) is 35.1 Å². The molecule has 1 aromatic carbocycles. The van der Waals surface area contributed by atoms with E-state index in [-0.39, 0.29) is 11.4 Å². The molecule has 82 valence electrons. The fraction of sp³-hybridized carbons (Fsp3) is 0.538. The Hall–Kier alpha value is -0.890. The molecule has 0 bridgehead atoms. The van der Waals surface area contributed by atoms with Crippen molar-refractivity contribution in [2.45, 2.75) is 44.6 Å². The van der Waals surface area contributed by atoms with Gasteiger partial charge in [0.05, 0.1) is 0 Å². The largest absolute Gasteiger partial charge is 0.326 e. The average Bonchev–Trinajstić information content (AvgIpc) is 2.45. The number of benzene rings is 1. The highest BCUT2D eigenvalue weighted by Crippen LogP contribution is 2.37. The van der Waals surface area contributed by atoms with Crippen LogP contribution in [0.1, 0.15) is 43.7 Å². The zero-order valence-electron chi connectivity index (χ0n) is 9.39. The third-order valence-electron chi connectivity index (χ3n) is 3.08. The van der Waals surface area contributed by atoms with Gasteiger partial charge in [0.2, 0.25) is 0 Å². The van der Waals surface area contributed by atoms with Crippen molar-refractivity contribution in [3.8, 4) is 0 Å². The number of rotatable bonds is 2. The summed E-state index contributed by atoms with van der Waals surface area (Å²) >= 11 is 0. The molecule has 0 radical (unpaired) electrons. The summed E-state index contributed by atoms with van der Waals surface area (Å²) in [5.41, 5.74) is 8.36. The number of fused-ring (bicyclic) bond motifs is 1. The number of aryl methyl sites for hydroxylation is 1. The van der Waals surface area contributed by atoms with Crippen LogP contribution < -0.4 is 5.73 Å². The third kappa shape index (κ3) is 2.37. The summed E-state index contributed by atoms with van der Waals surface area (Å²) in [6, 6.07) is 5.15. The second-order valence-electron chi connectivity index (χ2n) is 5.27. The SMILES string of the molecule is CC(C)(N)CC1CCc2cc(F)ccc21. The van der Waals surface area contributed by atoms with E-state index in [2.05, 4.69) is 13.8 Å². The van der Waals surface area contributed by atoms with Gasteiger partial charge in [-0.05, 0) is 62.3 Å². The molecule has 0 amide bonds. The van der Waals surface area contributed by atoms with Crippen molar-refractivity contribution < 1.29 is 4.39 Å². The molecule has 0 spiro atoms. The molecule has 2 N–H and O–H groups in total. The standard InChI is InChI=1S/C13H18FN/c1-13(2,15)8-10-4-3-9-7-11(14)5-6-12(9)10/h5-7,10H,3-4,8,15H2,1-2H3. The second kappa shape index (κ2) is 3.60. The topological polar surface area (TPSA) is 26.0 Å². The van der Waals surface area contributed by atoms with Gasteiger partial charge >= 0.3 is 0 Å². The van der Waals surface area contributed by atoms with Gasteiger partial charge in [-0.25, -0.2) is 4.39 Å². The molecule has 1 atom stereocenters. The van der Waals surface area contributed by atoms with Crippen LogP contribution in [0.2, 0.25) is 0 Å². The smallest absolute Gasteiger partial charge is 0.123 e. The summed E-state index contributed by atoms with van der Waals surface area (Å²) in [7, 11) is 0. The number of hydrogen-bond acceptors (Lipinski definition) is 1. The van der Waals surface area contributed by atoms with E-state index in [0.29, 0.717) is 5.92 Å². The predicted molar refractivity (Wildman–Crippen MR) is 60.3 cm³/mol. The molecule has 1 aliphatic carbocycles. The monoisotopic (exact) mass is 207 g/mol. The van der Waals surface area contributed by atoms with Gasteiger partial charge in [0.1, 0.15) is 5.82 Å². The van der Waals surface area contributed by atoms with Crippen molar-refractivity contribution in [2.75, 3.05) is 0 Å². The molecule has 0 heterocycles. The van der Waals surface area contributed by atoms with E-state index in [0.717, 1.165) is 19.3 Å². The van der Waals surface area contributed by atoms with Crippen LogP contribution in [-0.4, -0.2) is 5.54 Å². The van der Waals surface area contributed by atoms with E-state index in [4.69, 9.17) is 5.73 Å². The lowest BCUT2D eigenvalue weighted by Crippen LogP contribution is -2.33. The second-order valence-corrected chi connectivity index (χ2v) is 5.27. The van der Waals surface area contributed by atoms with Crippen LogP contribution in [0.3, 0.4) is 0 Å². The van der Waals surface area contributed by atoms with E-state index in [1.807, 2.05) is 6.07 Å². The molecule has 15 heavy (non-hydrogen) atoms. The average molecular weight is 207 g/mol. The minimum Gasteiger partial charge on any atom is -0.326 e. The van der Waals surface area contributed by atoms with Crippen molar-refractivity contribution in [2.24, 2.45) is 5.73 Å². The van der Waals surface area contributed by atoms with E-state index in [1.54, 1.807) is 12.1 Å². The van der Waals surface area contributed by atoms with Gasteiger partial charge < -0.3 is 5.73 Å². The Bertz CT molecular complexity index is 365. The molecule has 1 unspecified atom stereocenters. The minimum absolute atomic E-state index is 0.124. The van der Waals surface area contributed by atoms with Gasteiger partial charge in [-0.15, -0.1) is 0 Å². The zero-order chi connectivity index (χ0) is 11.1. The maximum Gasteiger partial charge on any atom is 0.123 e. The minimum atomic E-state index is -0.138. The van der Waals surface area contributed by atoms with Crippen LogP contribution >= 0.6 is 0 Å². The molecule has 2 heteroatoms. The first-order valence-electron chi connectivity index (χ1n) is 5.53. The number of halogens is 1. The number of hydrogen-bond donors (Lipinski definition) is 1. The molecule has 1 nitrogen and oxygen atoms in total. The van der Waals surface area contributed by atoms with E-state index in [9.17, 15) is 4.39 Å². The van der Waals surface area contributed by atoms with Crippen molar-refractivity contribution in [3.63, 3.8) is 0 Å². The maximum absolute atomic E-state index is 13.0. The Labute approximate surface area is 90.5 Å². The predicted octanol–water partition coefficient (Wildman–Crippen LogP) is 2.98. The summed E-state index contributed by atoms with van der Waals surface area (Å²) in [5.74, 6) is 0.391. The quantitative estimate of drug-likeness (QED) is 0.792. The van der Waals surface area contributed by atoms with Crippen LogP contribution in [0.25, 0.3) is 0 Å². The van der Waals surface area contributed by atoms with Crippen molar-refractivity contribution in [1.82, 2.24) is 0 Å². The summed E-state index contributed by atoms with van der Waals surface area (Å²) in [5, 5.41) is 0. The highest BCUT2D eigenvalue weighted by atomic mass is 19.1. The molecule has 0 fully saturated rings. The molecule has 2 rings (SSSR count). The molecule has 0 saturated carbocycles. The molecule has 0 aromatic heterocycles. The summed E-state index contributed by atoms with van der Waals surface area (Å²) in [6.07, 6.45) is 3.08. The van der Waals surface area contributed by atoms with Crippen LogP contribution in [0.15, 0.2) is 18.2 Å².